The van der Waals surface area contributed by atoms with Gasteiger partial charge in [-0.2, -0.15) is 5.11 Å². The molecule has 0 bridgehead atoms. The molecule has 0 aromatic heterocycles. The fraction of sp³-hybridized carbons (Fsp3) is 0.333. The van der Waals surface area contributed by atoms with Crippen molar-refractivity contribution >= 4 is 48.0 Å². The first-order valence-corrected chi connectivity index (χ1v) is 14.5. The van der Waals surface area contributed by atoms with Gasteiger partial charge in [0.2, 0.25) is 10.0 Å². The monoisotopic (exact) mass is 554 g/mol. The van der Waals surface area contributed by atoms with Gasteiger partial charge in [-0.15, -0.1) is 5.11 Å². The van der Waals surface area contributed by atoms with Gasteiger partial charge in [0.1, 0.15) is 21.6 Å². The third-order valence-corrected chi connectivity index (χ3v) is 9.14. The van der Waals surface area contributed by atoms with Crippen molar-refractivity contribution < 1.29 is 56.1 Å². The second kappa shape index (κ2) is 11.8. The molecular formula is C24H27N4NaO6S2. The van der Waals surface area contributed by atoms with E-state index in [1.54, 1.807) is 31.3 Å². The second-order valence-electron chi connectivity index (χ2n) is 8.89. The molecular weight excluding hydrogens is 527 g/mol. The zero-order valence-electron chi connectivity index (χ0n) is 20.7. The third kappa shape index (κ3) is 6.69. The summed E-state index contributed by atoms with van der Waals surface area (Å²) in [6.45, 7) is 0. The Bertz CT molecular complexity index is 1540. The molecule has 0 saturated heterocycles. The number of phenolic OH excluding ortho intramolecular Hbond substituents is 1. The van der Waals surface area contributed by atoms with E-state index >= 15 is 0 Å². The number of phenols is 1. The molecule has 0 spiro atoms. The smallest absolute Gasteiger partial charge is 0.744 e. The topological polar surface area (TPSA) is 166 Å². The van der Waals surface area contributed by atoms with Gasteiger partial charge < -0.3 is 15.4 Å². The van der Waals surface area contributed by atoms with Crippen LogP contribution in [0.25, 0.3) is 10.8 Å². The van der Waals surface area contributed by atoms with Gasteiger partial charge in [-0.1, -0.05) is 43.5 Å². The first-order valence-electron chi connectivity index (χ1n) is 11.4. The summed E-state index contributed by atoms with van der Waals surface area (Å²) in [5.74, 6) is -0.746. The Morgan fingerprint density at radius 1 is 1.03 bits per heavy atom. The van der Waals surface area contributed by atoms with Crippen molar-refractivity contribution in [2.24, 2.45) is 10.2 Å². The average molecular weight is 555 g/mol. The SMILES string of the molecule is CN(C1CCCCC1)S(=O)(=O)Cc1ccccc1N=Nc1c(N)ccc2cc(S(=O)(=O)[O-])cc(O)c12.[Na+]. The second-order valence-corrected chi connectivity index (χ2v) is 12.3. The van der Waals surface area contributed by atoms with Crippen LogP contribution in [0.3, 0.4) is 0 Å². The van der Waals surface area contributed by atoms with E-state index in [9.17, 15) is 26.5 Å². The van der Waals surface area contributed by atoms with E-state index in [-0.39, 0.29) is 63.5 Å². The maximum absolute atomic E-state index is 13.1. The molecule has 1 fully saturated rings. The van der Waals surface area contributed by atoms with E-state index in [1.807, 2.05) is 0 Å². The number of fused-ring (bicyclic) bond motifs is 1. The zero-order chi connectivity index (χ0) is 26.1. The van der Waals surface area contributed by atoms with Gasteiger partial charge in [-0.05, 0) is 48.1 Å². The maximum atomic E-state index is 13.1. The van der Waals surface area contributed by atoms with E-state index in [0.717, 1.165) is 44.2 Å². The number of sulfonamides is 1. The maximum Gasteiger partial charge on any atom is 1.00 e. The number of hydrogen-bond acceptors (Lipinski definition) is 9. The molecule has 0 aliphatic heterocycles. The van der Waals surface area contributed by atoms with Crippen LogP contribution in [0, 0.1) is 0 Å². The first-order chi connectivity index (χ1) is 17.0. The van der Waals surface area contributed by atoms with E-state index in [4.69, 9.17) is 5.73 Å². The molecule has 3 N–H and O–H groups in total. The minimum absolute atomic E-state index is 0. The van der Waals surface area contributed by atoms with Crippen LogP contribution in [0.5, 0.6) is 5.75 Å². The average Bonchev–Trinajstić information content (AvgIpc) is 2.83. The summed E-state index contributed by atoms with van der Waals surface area (Å²) in [5.41, 5.74) is 7.04. The Morgan fingerprint density at radius 2 is 1.70 bits per heavy atom. The van der Waals surface area contributed by atoms with Crippen LogP contribution in [0.1, 0.15) is 37.7 Å². The predicted molar refractivity (Wildman–Crippen MR) is 136 cm³/mol. The van der Waals surface area contributed by atoms with Crippen LogP contribution in [0.15, 0.2) is 63.7 Å². The quantitative estimate of drug-likeness (QED) is 0.193. The molecule has 0 heterocycles. The number of hydrogen-bond donors (Lipinski definition) is 2. The molecule has 37 heavy (non-hydrogen) atoms. The summed E-state index contributed by atoms with van der Waals surface area (Å²) in [6, 6.07) is 11.6. The van der Waals surface area contributed by atoms with Crippen LogP contribution in [-0.4, -0.2) is 43.9 Å². The third-order valence-electron chi connectivity index (χ3n) is 6.48. The van der Waals surface area contributed by atoms with E-state index in [1.165, 1.54) is 16.4 Å². The van der Waals surface area contributed by atoms with Crippen molar-refractivity contribution in [1.82, 2.24) is 4.31 Å². The van der Waals surface area contributed by atoms with Gasteiger partial charge in [0.05, 0.1) is 27.4 Å². The number of azo groups is 1. The number of rotatable bonds is 7. The normalized spacial score (nSPS) is 15.3. The Hall–Kier alpha value is -2.06. The number of nitrogen functional groups attached to an aromatic ring is 1. The minimum Gasteiger partial charge on any atom is -0.744 e. The predicted octanol–water partition coefficient (Wildman–Crippen LogP) is 1.55. The molecule has 1 aliphatic carbocycles. The molecule has 1 aliphatic rings. The summed E-state index contributed by atoms with van der Waals surface area (Å²) in [7, 11) is -6.78. The number of aromatic hydroxyl groups is 1. The van der Waals surface area contributed by atoms with Crippen molar-refractivity contribution in [3.63, 3.8) is 0 Å². The Morgan fingerprint density at radius 3 is 2.38 bits per heavy atom. The van der Waals surface area contributed by atoms with Gasteiger partial charge in [-0.3, -0.25) is 0 Å². The summed E-state index contributed by atoms with van der Waals surface area (Å²) >= 11 is 0. The summed E-state index contributed by atoms with van der Waals surface area (Å²) in [6.07, 6.45) is 4.83. The zero-order valence-corrected chi connectivity index (χ0v) is 24.3. The molecule has 10 nitrogen and oxygen atoms in total. The van der Waals surface area contributed by atoms with Crippen molar-refractivity contribution in [3.8, 4) is 5.75 Å². The minimum atomic E-state index is -4.79. The molecule has 3 aromatic carbocycles. The number of nitrogens with two attached hydrogens (primary N) is 1. The van der Waals surface area contributed by atoms with Crippen LogP contribution in [0.2, 0.25) is 0 Å². The number of benzene rings is 3. The molecule has 0 atom stereocenters. The van der Waals surface area contributed by atoms with Gasteiger partial charge in [-0.25, -0.2) is 21.1 Å². The molecule has 0 unspecified atom stereocenters. The molecule has 13 heteroatoms. The van der Waals surface area contributed by atoms with Crippen molar-refractivity contribution in [3.05, 3.63) is 54.1 Å². The fourth-order valence-corrected chi connectivity index (χ4v) is 6.50. The van der Waals surface area contributed by atoms with Gasteiger partial charge in [0.15, 0.2) is 0 Å². The fourth-order valence-electron chi connectivity index (χ4n) is 4.47. The van der Waals surface area contributed by atoms with Gasteiger partial charge >= 0.3 is 29.6 Å². The van der Waals surface area contributed by atoms with E-state index < -0.39 is 30.8 Å². The van der Waals surface area contributed by atoms with Gasteiger partial charge in [0, 0.05) is 13.1 Å². The van der Waals surface area contributed by atoms with Crippen LogP contribution >= 0.6 is 0 Å². The van der Waals surface area contributed by atoms with Crippen molar-refractivity contribution in [2.75, 3.05) is 12.8 Å². The standard InChI is InChI=1S/C24H28N4O6S2.Na/c1-28(18-8-3-2-4-9-18)35(30,31)15-17-7-5-6-10-21(17)26-27-24-20(25)12-11-16-13-19(36(32,33)34)14-22(29)23(16)24;/h5-7,10-14,18,29H,2-4,8-9,15,25H2,1H3,(H,32,33,34);/q;+1/p-1. The molecule has 3 aromatic rings. The Labute approximate surface area is 238 Å². The molecule has 4 rings (SSSR count). The van der Waals surface area contributed by atoms with E-state index in [0.29, 0.717) is 11.3 Å². The van der Waals surface area contributed by atoms with Crippen LogP contribution < -0.4 is 35.3 Å². The van der Waals surface area contributed by atoms with Crippen LogP contribution in [0.4, 0.5) is 17.1 Å². The van der Waals surface area contributed by atoms with Crippen LogP contribution in [-0.2, 0) is 25.9 Å². The molecule has 1 saturated carbocycles. The van der Waals surface area contributed by atoms with Crippen molar-refractivity contribution in [2.45, 2.75) is 48.8 Å². The largest absolute Gasteiger partial charge is 1.00 e. The first kappa shape index (κ1) is 29.5. The summed E-state index contributed by atoms with van der Waals surface area (Å²) in [5, 5.41) is 19.2. The summed E-state index contributed by atoms with van der Waals surface area (Å²) in [4.78, 5) is -0.585. The number of anilines is 1. The molecule has 0 amide bonds. The van der Waals surface area contributed by atoms with E-state index in [2.05, 4.69) is 10.2 Å². The summed E-state index contributed by atoms with van der Waals surface area (Å²) < 4.78 is 62.0. The number of nitrogens with zero attached hydrogens (tertiary/aromatic N) is 3. The Balaban J connectivity index is 0.00000380. The molecule has 192 valence electrons. The Kier molecular flexibility index (Phi) is 9.38. The van der Waals surface area contributed by atoms with Gasteiger partial charge in [0.25, 0.3) is 0 Å². The molecule has 0 radical (unpaired) electrons. The van der Waals surface area contributed by atoms with Crippen molar-refractivity contribution in [1.29, 1.82) is 0 Å².